The van der Waals surface area contributed by atoms with Crippen molar-refractivity contribution in [3.63, 3.8) is 0 Å². The molecule has 3 aromatic rings. The lowest BCUT2D eigenvalue weighted by molar-refractivity contribution is 0.174. The van der Waals surface area contributed by atoms with Crippen LogP contribution in [0.4, 0.5) is 5.69 Å². The van der Waals surface area contributed by atoms with Gasteiger partial charge < -0.3 is 10.1 Å². The van der Waals surface area contributed by atoms with E-state index in [0.717, 1.165) is 52.6 Å². The van der Waals surface area contributed by atoms with Crippen LogP contribution in [0, 0.1) is 5.92 Å². The molecule has 1 aliphatic heterocycles. The van der Waals surface area contributed by atoms with Gasteiger partial charge in [0.15, 0.2) is 0 Å². The normalized spacial score (nSPS) is 18.7. The van der Waals surface area contributed by atoms with E-state index in [2.05, 4.69) is 56.4 Å². The number of rotatable bonds is 3. The summed E-state index contributed by atoms with van der Waals surface area (Å²) in [5.41, 5.74) is 11.2. The van der Waals surface area contributed by atoms with Crippen LogP contribution in [0.1, 0.15) is 25.5 Å². The summed E-state index contributed by atoms with van der Waals surface area (Å²) in [6, 6.07) is 12.3. The van der Waals surface area contributed by atoms with Crippen LogP contribution in [0.2, 0.25) is 0 Å². The third-order valence-electron chi connectivity index (χ3n) is 4.97. The third kappa shape index (κ3) is 3.44. The number of nitrogens with zero attached hydrogens (tertiary/aromatic N) is 3. The summed E-state index contributed by atoms with van der Waals surface area (Å²) in [5.74, 6) is 0.758. The first-order chi connectivity index (χ1) is 12.1. The number of hydrogen-bond donors (Lipinski definition) is 1. The van der Waals surface area contributed by atoms with Crippen LogP contribution in [0.3, 0.4) is 0 Å². The van der Waals surface area contributed by atoms with Gasteiger partial charge in [-0.05, 0) is 49.6 Å². The Labute approximate surface area is 156 Å². The molecular formula is C20H23BrN4. The lowest BCUT2D eigenvalue weighted by Crippen LogP contribution is -2.34. The van der Waals surface area contributed by atoms with Crippen molar-refractivity contribution in [2.75, 3.05) is 18.8 Å². The number of nitrogen functional groups attached to an aromatic ring is 1. The number of hydrogen-bond acceptors (Lipinski definition) is 3. The molecule has 3 heterocycles. The fraction of sp³-hybridized carbons (Fsp3) is 0.350. The van der Waals surface area contributed by atoms with E-state index in [1.54, 1.807) is 0 Å². The Kier molecular flexibility index (Phi) is 4.52. The maximum absolute atomic E-state index is 6.05. The highest BCUT2D eigenvalue weighted by Gasteiger charge is 2.21. The summed E-state index contributed by atoms with van der Waals surface area (Å²) in [4.78, 5) is 7.45. The number of pyridine rings is 1. The molecule has 4 rings (SSSR count). The average Bonchev–Trinajstić information content (AvgIpc) is 2.93. The fourth-order valence-corrected chi connectivity index (χ4v) is 4.01. The number of nitrogens with two attached hydrogens (primary N) is 1. The van der Waals surface area contributed by atoms with E-state index in [1.165, 1.54) is 18.5 Å². The molecule has 1 unspecified atom stereocenters. The van der Waals surface area contributed by atoms with Crippen LogP contribution in [-0.4, -0.2) is 27.4 Å². The Hall–Kier alpha value is -1.85. The highest BCUT2D eigenvalue weighted by Crippen LogP contribution is 2.29. The quantitative estimate of drug-likeness (QED) is 0.702. The Morgan fingerprint density at radius 2 is 2.00 bits per heavy atom. The Bertz CT molecular complexity index is 885. The third-order valence-corrected chi connectivity index (χ3v) is 5.50. The molecule has 1 saturated heterocycles. The highest BCUT2D eigenvalue weighted by molar-refractivity contribution is 9.10. The molecule has 4 nitrogen and oxygen atoms in total. The molecule has 0 amide bonds. The Morgan fingerprint density at radius 3 is 2.76 bits per heavy atom. The van der Waals surface area contributed by atoms with Crippen molar-refractivity contribution in [2.45, 2.75) is 26.3 Å². The average molecular weight is 399 g/mol. The summed E-state index contributed by atoms with van der Waals surface area (Å²) in [6.07, 6.45) is 4.59. The largest absolute Gasteiger partial charge is 0.398 e. The number of piperidine rings is 1. The van der Waals surface area contributed by atoms with Gasteiger partial charge >= 0.3 is 0 Å². The van der Waals surface area contributed by atoms with Gasteiger partial charge in [-0.15, -0.1) is 0 Å². The molecule has 25 heavy (non-hydrogen) atoms. The van der Waals surface area contributed by atoms with Crippen LogP contribution >= 0.6 is 15.9 Å². The van der Waals surface area contributed by atoms with E-state index in [9.17, 15) is 0 Å². The lowest BCUT2D eigenvalue weighted by Gasteiger charge is -2.30. The van der Waals surface area contributed by atoms with E-state index in [4.69, 9.17) is 10.7 Å². The molecule has 1 aliphatic rings. The smallest absolute Gasteiger partial charge is 0.137 e. The summed E-state index contributed by atoms with van der Waals surface area (Å²) >= 11 is 3.52. The highest BCUT2D eigenvalue weighted by atomic mass is 79.9. The van der Waals surface area contributed by atoms with E-state index in [0.29, 0.717) is 0 Å². The van der Waals surface area contributed by atoms with Crippen LogP contribution in [-0.2, 0) is 6.54 Å². The molecule has 0 bridgehead atoms. The van der Waals surface area contributed by atoms with Crippen molar-refractivity contribution in [3.8, 4) is 11.3 Å². The van der Waals surface area contributed by atoms with E-state index in [1.807, 2.05) is 18.3 Å². The van der Waals surface area contributed by atoms with Crippen molar-refractivity contribution in [3.05, 3.63) is 52.8 Å². The maximum Gasteiger partial charge on any atom is 0.137 e. The van der Waals surface area contributed by atoms with Crippen molar-refractivity contribution >= 4 is 27.3 Å². The van der Waals surface area contributed by atoms with E-state index >= 15 is 0 Å². The topological polar surface area (TPSA) is 46.6 Å². The Morgan fingerprint density at radius 1 is 1.20 bits per heavy atom. The van der Waals surface area contributed by atoms with Crippen LogP contribution in [0.5, 0.6) is 0 Å². The van der Waals surface area contributed by atoms with E-state index < -0.39 is 0 Å². The van der Waals surface area contributed by atoms with Gasteiger partial charge in [0, 0.05) is 35.0 Å². The van der Waals surface area contributed by atoms with Gasteiger partial charge in [-0.2, -0.15) is 0 Å². The zero-order valence-corrected chi connectivity index (χ0v) is 16.0. The van der Waals surface area contributed by atoms with Gasteiger partial charge in [-0.1, -0.05) is 35.0 Å². The number of benzene rings is 1. The second-order valence-corrected chi connectivity index (χ2v) is 8.00. The number of fused-ring (bicyclic) bond motifs is 1. The minimum absolute atomic E-state index is 0.758. The number of imidazole rings is 1. The minimum Gasteiger partial charge on any atom is -0.398 e. The second-order valence-electron chi connectivity index (χ2n) is 7.09. The molecule has 1 aromatic carbocycles. The van der Waals surface area contributed by atoms with Crippen molar-refractivity contribution in [1.82, 2.24) is 14.3 Å². The molecule has 5 heteroatoms. The van der Waals surface area contributed by atoms with Gasteiger partial charge in [0.05, 0.1) is 11.4 Å². The minimum atomic E-state index is 0.758. The van der Waals surface area contributed by atoms with Gasteiger partial charge in [-0.3, -0.25) is 4.90 Å². The predicted octanol–water partition coefficient (Wildman–Crippen LogP) is 4.58. The lowest BCUT2D eigenvalue weighted by atomic mass is 10.00. The molecule has 1 fully saturated rings. The zero-order valence-electron chi connectivity index (χ0n) is 14.5. The summed E-state index contributed by atoms with van der Waals surface area (Å²) < 4.78 is 3.24. The SMILES string of the molecule is CC1CCCN(Cc2c(-c3ccc(Br)cc3)nc3ccc(N)cn23)C1. The van der Waals surface area contributed by atoms with Gasteiger partial charge in [0.2, 0.25) is 0 Å². The first-order valence-corrected chi connectivity index (χ1v) is 9.64. The molecule has 2 aromatic heterocycles. The fourth-order valence-electron chi connectivity index (χ4n) is 3.74. The number of likely N-dealkylation sites (tertiary alicyclic amines) is 1. The van der Waals surface area contributed by atoms with Crippen LogP contribution in [0.15, 0.2) is 47.1 Å². The number of aromatic nitrogens is 2. The van der Waals surface area contributed by atoms with Crippen molar-refractivity contribution in [2.24, 2.45) is 5.92 Å². The van der Waals surface area contributed by atoms with Crippen LogP contribution in [0.25, 0.3) is 16.9 Å². The van der Waals surface area contributed by atoms with Crippen molar-refractivity contribution < 1.29 is 0 Å². The molecule has 0 radical (unpaired) electrons. The standard InChI is InChI=1S/C20H23BrN4/c1-14-3-2-10-24(11-14)13-18-20(15-4-6-16(21)7-5-15)23-19-9-8-17(22)12-25(18)19/h4-9,12,14H,2-3,10-11,13,22H2,1H3. The first kappa shape index (κ1) is 16.6. The number of halogens is 1. The second kappa shape index (κ2) is 6.81. The monoisotopic (exact) mass is 398 g/mol. The maximum atomic E-state index is 6.05. The zero-order chi connectivity index (χ0) is 17.4. The predicted molar refractivity (Wildman–Crippen MR) is 106 cm³/mol. The first-order valence-electron chi connectivity index (χ1n) is 8.85. The van der Waals surface area contributed by atoms with Gasteiger partial charge in [-0.25, -0.2) is 4.98 Å². The van der Waals surface area contributed by atoms with E-state index in [-0.39, 0.29) is 0 Å². The van der Waals surface area contributed by atoms with Gasteiger partial charge in [0.1, 0.15) is 5.65 Å². The molecular weight excluding hydrogens is 376 g/mol. The molecule has 0 spiro atoms. The summed E-state index contributed by atoms with van der Waals surface area (Å²) in [7, 11) is 0. The molecule has 1 atom stereocenters. The molecule has 0 aliphatic carbocycles. The van der Waals surface area contributed by atoms with Crippen LogP contribution < -0.4 is 5.73 Å². The van der Waals surface area contributed by atoms with Gasteiger partial charge in [0.25, 0.3) is 0 Å². The molecule has 0 saturated carbocycles. The van der Waals surface area contributed by atoms with Crippen molar-refractivity contribution in [1.29, 1.82) is 0 Å². The summed E-state index contributed by atoms with van der Waals surface area (Å²) in [5, 5.41) is 0. The molecule has 2 N–H and O–H groups in total. The summed E-state index contributed by atoms with van der Waals surface area (Å²) in [6.45, 7) is 5.55. The Balaban J connectivity index is 1.79. The number of anilines is 1. The molecule has 130 valence electrons.